The summed E-state index contributed by atoms with van der Waals surface area (Å²) in [6.07, 6.45) is 1.39. The van der Waals surface area contributed by atoms with Crippen molar-refractivity contribution in [2.45, 2.75) is 0 Å². The maximum atomic E-state index is 13.2. The molecule has 0 atom stereocenters. The summed E-state index contributed by atoms with van der Waals surface area (Å²) in [5.74, 6) is -0.559. The van der Waals surface area contributed by atoms with Crippen molar-refractivity contribution >= 4 is 40.9 Å². The highest BCUT2D eigenvalue weighted by atomic mass is 35.5. The lowest BCUT2D eigenvalue weighted by Crippen LogP contribution is -2.31. The Balaban J connectivity index is 1.97. The van der Waals surface area contributed by atoms with Crippen molar-refractivity contribution in [2.24, 2.45) is 0 Å². The molecule has 2 amide bonds. The van der Waals surface area contributed by atoms with Gasteiger partial charge in [-0.2, -0.15) is 0 Å². The maximum absolute atomic E-state index is 13.2. The molecule has 0 aliphatic carbocycles. The number of nitrogens with zero attached hydrogens (tertiary/aromatic N) is 1. The van der Waals surface area contributed by atoms with Crippen molar-refractivity contribution < 1.29 is 24.0 Å². The van der Waals surface area contributed by atoms with Gasteiger partial charge in [-0.3, -0.25) is 19.7 Å². The first kappa shape index (κ1) is 24.3. The number of ether oxygens (including phenoxy) is 2. The van der Waals surface area contributed by atoms with E-state index in [9.17, 15) is 19.7 Å². The van der Waals surface area contributed by atoms with Crippen LogP contribution in [0.1, 0.15) is 15.9 Å². The SMILES string of the molecule is COc1ccc(Cl)cc1NC(=O)C(=Cc1ccc([N+](=O)[O-])cc1)NC(=O)c1ccccc1OC. The van der Waals surface area contributed by atoms with Crippen LogP contribution in [0.25, 0.3) is 6.08 Å². The summed E-state index contributed by atoms with van der Waals surface area (Å²) in [6, 6.07) is 16.7. The van der Waals surface area contributed by atoms with E-state index in [1.54, 1.807) is 36.4 Å². The average Bonchev–Trinajstić information content (AvgIpc) is 2.84. The minimum Gasteiger partial charge on any atom is -0.496 e. The molecule has 0 saturated heterocycles. The summed E-state index contributed by atoms with van der Waals surface area (Å²) in [7, 11) is 2.87. The summed E-state index contributed by atoms with van der Waals surface area (Å²) >= 11 is 6.04. The van der Waals surface area contributed by atoms with Gasteiger partial charge in [0.05, 0.1) is 30.4 Å². The number of amides is 2. The number of methoxy groups -OCH3 is 2. The zero-order valence-electron chi connectivity index (χ0n) is 18.2. The van der Waals surface area contributed by atoms with Gasteiger partial charge in [0, 0.05) is 17.2 Å². The highest BCUT2D eigenvalue weighted by Gasteiger charge is 2.19. The topological polar surface area (TPSA) is 120 Å². The second-order valence-electron chi connectivity index (χ2n) is 6.86. The van der Waals surface area contributed by atoms with E-state index >= 15 is 0 Å². The van der Waals surface area contributed by atoms with Gasteiger partial charge < -0.3 is 20.1 Å². The number of anilines is 1. The Morgan fingerprint density at radius 2 is 1.65 bits per heavy atom. The molecule has 0 fully saturated rings. The maximum Gasteiger partial charge on any atom is 0.272 e. The largest absolute Gasteiger partial charge is 0.496 e. The molecular formula is C24H20ClN3O6. The molecule has 0 radical (unpaired) electrons. The number of para-hydroxylation sites is 1. The summed E-state index contributed by atoms with van der Waals surface area (Å²) in [4.78, 5) is 36.5. The summed E-state index contributed by atoms with van der Waals surface area (Å²) in [5.41, 5.74) is 0.736. The van der Waals surface area contributed by atoms with E-state index in [4.69, 9.17) is 21.1 Å². The molecule has 174 valence electrons. The number of rotatable bonds is 8. The van der Waals surface area contributed by atoms with Crippen LogP contribution in [0.5, 0.6) is 11.5 Å². The average molecular weight is 482 g/mol. The minimum atomic E-state index is -0.665. The van der Waals surface area contributed by atoms with Gasteiger partial charge in [-0.15, -0.1) is 0 Å². The highest BCUT2D eigenvalue weighted by Crippen LogP contribution is 2.28. The Bertz CT molecular complexity index is 1260. The van der Waals surface area contributed by atoms with Gasteiger partial charge in [0.15, 0.2) is 0 Å². The predicted octanol–water partition coefficient (Wildman–Crippen LogP) is 4.68. The van der Waals surface area contributed by atoms with Crippen LogP contribution in [0.15, 0.2) is 72.4 Å². The van der Waals surface area contributed by atoms with Crippen LogP contribution in [-0.2, 0) is 4.79 Å². The molecule has 9 nitrogen and oxygen atoms in total. The van der Waals surface area contributed by atoms with E-state index in [-0.39, 0.29) is 16.9 Å². The number of nitro benzene ring substituents is 1. The molecule has 0 aliphatic heterocycles. The zero-order valence-corrected chi connectivity index (χ0v) is 19.0. The Morgan fingerprint density at radius 3 is 2.29 bits per heavy atom. The third-order valence-corrected chi connectivity index (χ3v) is 4.90. The summed E-state index contributed by atoms with van der Waals surface area (Å²) in [6.45, 7) is 0. The van der Waals surface area contributed by atoms with Gasteiger partial charge in [-0.05, 0) is 54.1 Å². The number of carbonyl (C=O) groups is 2. The van der Waals surface area contributed by atoms with E-state index < -0.39 is 16.7 Å². The van der Waals surface area contributed by atoms with Gasteiger partial charge in [0.2, 0.25) is 0 Å². The fraction of sp³-hybridized carbons (Fsp3) is 0.0833. The molecule has 10 heteroatoms. The smallest absolute Gasteiger partial charge is 0.272 e. The molecular weight excluding hydrogens is 462 g/mol. The van der Waals surface area contributed by atoms with Gasteiger partial charge in [-0.1, -0.05) is 23.7 Å². The number of nitro groups is 1. The van der Waals surface area contributed by atoms with Crippen LogP contribution in [-0.4, -0.2) is 31.0 Å². The third-order valence-electron chi connectivity index (χ3n) is 4.67. The van der Waals surface area contributed by atoms with E-state index in [0.29, 0.717) is 27.8 Å². The first-order valence-corrected chi connectivity index (χ1v) is 10.3. The van der Waals surface area contributed by atoms with Crippen LogP contribution in [0, 0.1) is 10.1 Å². The van der Waals surface area contributed by atoms with Gasteiger partial charge >= 0.3 is 0 Å². The van der Waals surface area contributed by atoms with E-state index in [1.807, 2.05) is 0 Å². The molecule has 3 rings (SSSR count). The number of hydrogen-bond acceptors (Lipinski definition) is 6. The Kier molecular flexibility index (Phi) is 7.83. The minimum absolute atomic E-state index is 0.107. The van der Waals surface area contributed by atoms with Crippen molar-refractivity contribution in [2.75, 3.05) is 19.5 Å². The molecule has 0 aliphatic rings. The fourth-order valence-corrected chi connectivity index (χ4v) is 3.18. The summed E-state index contributed by atoms with van der Waals surface area (Å²) < 4.78 is 10.5. The van der Waals surface area contributed by atoms with Crippen molar-refractivity contribution in [3.8, 4) is 11.5 Å². The number of non-ortho nitro benzene ring substituents is 1. The van der Waals surface area contributed by atoms with E-state index in [1.165, 1.54) is 50.6 Å². The molecule has 34 heavy (non-hydrogen) atoms. The molecule has 0 unspecified atom stereocenters. The molecule has 3 aromatic carbocycles. The molecule has 3 aromatic rings. The van der Waals surface area contributed by atoms with Crippen molar-refractivity contribution in [3.63, 3.8) is 0 Å². The number of carbonyl (C=O) groups excluding carboxylic acids is 2. The van der Waals surface area contributed by atoms with Gasteiger partial charge in [0.1, 0.15) is 17.2 Å². The number of nitrogens with one attached hydrogen (secondary N) is 2. The molecule has 0 heterocycles. The molecule has 0 spiro atoms. The second-order valence-corrected chi connectivity index (χ2v) is 7.30. The fourth-order valence-electron chi connectivity index (χ4n) is 3.01. The Morgan fingerprint density at radius 1 is 0.971 bits per heavy atom. The number of benzene rings is 3. The normalized spacial score (nSPS) is 10.9. The highest BCUT2D eigenvalue weighted by molar-refractivity contribution is 6.31. The van der Waals surface area contributed by atoms with Gasteiger partial charge in [-0.25, -0.2) is 0 Å². The second kappa shape index (κ2) is 11.0. The zero-order chi connectivity index (χ0) is 24.7. The first-order chi connectivity index (χ1) is 16.3. The third kappa shape index (κ3) is 5.90. The Labute approximate surface area is 200 Å². The van der Waals surface area contributed by atoms with Crippen LogP contribution < -0.4 is 20.1 Å². The molecule has 0 saturated carbocycles. The van der Waals surface area contributed by atoms with E-state index in [0.717, 1.165) is 0 Å². The van der Waals surface area contributed by atoms with Crippen molar-refractivity contribution in [3.05, 3.63) is 98.7 Å². The number of hydrogen-bond donors (Lipinski definition) is 2. The Hall–Kier alpha value is -4.37. The van der Waals surface area contributed by atoms with Crippen molar-refractivity contribution in [1.29, 1.82) is 0 Å². The predicted molar refractivity (Wildman–Crippen MR) is 128 cm³/mol. The lowest BCUT2D eigenvalue weighted by Gasteiger charge is -2.14. The van der Waals surface area contributed by atoms with Crippen LogP contribution >= 0.6 is 11.6 Å². The van der Waals surface area contributed by atoms with Crippen LogP contribution in [0.2, 0.25) is 5.02 Å². The summed E-state index contributed by atoms with van der Waals surface area (Å²) in [5, 5.41) is 16.6. The molecule has 2 N–H and O–H groups in total. The standard InChI is InChI=1S/C24H20ClN3O6/c1-33-21-6-4-3-5-18(21)23(29)27-20(13-15-7-10-17(11-8-15)28(31)32)24(30)26-19-14-16(25)9-12-22(19)34-2/h3-14H,1-2H3,(H,26,30)(H,27,29). The van der Waals surface area contributed by atoms with Crippen molar-refractivity contribution in [1.82, 2.24) is 5.32 Å². The van der Waals surface area contributed by atoms with Crippen LogP contribution in [0.4, 0.5) is 11.4 Å². The quantitative estimate of drug-likeness (QED) is 0.274. The molecule has 0 aromatic heterocycles. The van der Waals surface area contributed by atoms with Crippen LogP contribution in [0.3, 0.4) is 0 Å². The number of halogens is 1. The lowest BCUT2D eigenvalue weighted by molar-refractivity contribution is -0.384. The lowest BCUT2D eigenvalue weighted by atomic mass is 10.1. The molecule has 0 bridgehead atoms. The van der Waals surface area contributed by atoms with E-state index in [2.05, 4.69) is 10.6 Å². The first-order valence-electron chi connectivity index (χ1n) is 9.87. The monoisotopic (exact) mass is 481 g/mol. The van der Waals surface area contributed by atoms with Gasteiger partial charge in [0.25, 0.3) is 17.5 Å².